The third kappa shape index (κ3) is 19.1. The number of carboxylic acid groups (broad SMARTS) is 1. The molecule has 0 unspecified atom stereocenters. The van der Waals surface area contributed by atoms with E-state index in [1.807, 2.05) is 86.5 Å². The van der Waals surface area contributed by atoms with E-state index >= 15 is 0 Å². The molecule has 4 aromatic rings. The molecular weight excluding hydrogens is 823 g/mol. The van der Waals surface area contributed by atoms with Gasteiger partial charge in [0, 0.05) is 44.4 Å². The van der Waals surface area contributed by atoms with Crippen LogP contribution >= 0.6 is 0 Å². The second kappa shape index (κ2) is 26.8. The van der Waals surface area contributed by atoms with Crippen molar-refractivity contribution in [3.8, 4) is 0 Å². The van der Waals surface area contributed by atoms with Crippen LogP contribution in [0.1, 0.15) is 136 Å². The number of nitrogens with zero attached hydrogens (tertiary/aromatic N) is 2. The smallest absolute Gasteiger partial charge is 0.303 e. The summed E-state index contributed by atoms with van der Waals surface area (Å²) in [6, 6.07) is 29.8. The summed E-state index contributed by atoms with van der Waals surface area (Å²) in [5.41, 5.74) is 9.85. The normalized spacial score (nSPS) is 13.4. The summed E-state index contributed by atoms with van der Waals surface area (Å²) in [7, 11) is 7.79. The van der Waals surface area contributed by atoms with Gasteiger partial charge in [-0.1, -0.05) is 128 Å². The van der Waals surface area contributed by atoms with Crippen molar-refractivity contribution in [2.75, 3.05) is 41.3 Å². The van der Waals surface area contributed by atoms with Gasteiger partial charge in [-0.3, -0.25) is 19.2 Å². The largest absolute Gasteiger partial charge is 0.481 e. The Balaban J connectivity index is 0.000000370. The number of halogens is 2. The van der Waals surface area contributed by atoms with Gasteiger partial charge >= 0.3 is 5.97 Å². The Morgan fingerprint density at radius 3 is 1.32 bits per heavy atom. The van der Waals surface area contributed by atoms with Crippen molar-refractivity contribution in [2.45, 2.75) is 118 Å². The van der Waals surface area contributed by atoms with Crippen LogP contribution in [0, 0.1) is 22.5 Å². The molecule has 11 heteroatoms. The number of carbonyl (C=O) groups excluding carboxylic acids is 3. The van der Waals surface area contributed by atoms with Gasteiger partial charge in [-0.15, -0.1) is 0 Å². The molecule has 0 aliphatic heterocycles. The average Bonchev–Trinajstić information content (AvgIpc) is 3.24. The molecule has 4 atom stereocenters. The molecule has 0 bridgehead atoms. The van der Waals surface area contributed by atoms with E-state index in [-0.39, 0.29) is 76.2 Å². The van der Waals surface area contributed by atoms with Crippen LogP contribution in [0.5, 0.6) is 0 Å². The van der Waals surface area contributed by atoms with Gasteiger partial charge in [0.2, 0.25) is 5.91 Å². The minimum absolute atomic E-state index is 0.00991. The Hall–Kier alpha value is -5.10. The first-order valence-corrected chi connectivity index (χ1v) is 22.7. The third-order valence-electron chi connectivity index (χ3n) is 11.8. The zero-order chi connectivity index (χ0) is 49.1. The Bertz CT molecular complexity index is 2100. The molecule has 65 heavy (non-hydrogen) atoms. The molecule has 1 amide bonds. The van der Waals surface area contributed by atoms with Crippen molar-refractivity contribution in [3.05, 3.63) is 142 Å². The van der Waals surface area contributed by atoms with Crippen LogP contribution < -0.4 is 11.1 Å². The highest BCUT2D eigenvalue weighted by atomic mass is 19.1. The second-order valence-electron chi connectivity index (χ2n) is 19.3. The number of aliphatic carboxylic acids is 1. The SMILES string of the molecule is CC(C)(C)[C@H](CC(=O)O)c1ccccc1.CCC(=O)c1ccc(C[C@@H](CN)N(C)C)cc1F.CCC(=O)c1ccc(C[C@@H](CNC(=O)C[C@H](c2ccccc2)C(C)(C)C)N(C)C)cc1F. The van der Waals surface area contributed by atoms with Gasteiger partial charge in [0.15, 0.2) is 11.6 Å². The van der Waals surface area contributed by atoms with Crippen LogP contribution in [-0.2, 0) is 22.4 Å². The van der Waals surface area contributed by atoms with Crippen molar-refractivity contribution in [1.29, 1.82) is 0 Å². The predicted molar refractivity (Wildman–Crippen MR) is 261 cm³/mol. The lowest BCUT2D eigenvalue weighted by atomic mass is 9.74. The second-order valence-corrected chi connectivity index (χ2v) is 19.3. The lowest BCUT2D eigenvalue weighted by molar-refractivity contribution is -0.138. The van der Waals surface area contributed by atoms with Crippen molar-refractivity contribution in [3.63, 3.8) is 0 Å². The molecule has 0 saturated heterocycles. The Morgan fingerprint density at radius 1 is 0.615 bits per heavy atom. The molecule has 4 N–H and O–H groups in total. The predicted octanol–water partition coefficient (Wildman–Crippen LogP) is 10.4. The fourth-order valence-corrected chi connectivity index (χ4v) is 7.55. The monoisotopic (exact) mass is 899 g/mol. The maximum Gasteiger partial charge on any atom is 0.303 e. The Morgan fingerprint density at radius 2 is 1.00 bits per heavy atom. The molecule has 4 aromatic carbocycles. The Kier molecular flexibility index (Phi) is 23.1. The first-order valence-electron chi connectivity index (χ1n) is 22.7. The number of carboxylic acids is 1. The van der Waals surface area contributed by atoms with Gasteiger partial charge in [-0.2, -0.15) is 0 Å². The summed E-state index contributed by atoms with van der Waals surface area (Å²) in [5, 5.41) is 12.0. The molecular formula is C54H76F2N4O5. The van der Waals surface area contributed by atoms with E-state index in [4.69, 9.17) is 10.8 Å². The van der Waals surface area contributed by atoms with E-state index < -0.39 is 17.6 Å². The number of benzene rings is 4. The number of nitrogens with one attached hydrogen (secondary N) is 1. The van der Waals surface area contributed by atoms with E-state index in [2.05, 4.69) is 59.0 Å². The maximum absolute atomic E-state index is 14.4. The average molecular weight is 899 g/mol. The highest BCUT2D eigenvalue weighted by Crippen LogP contribution is 2.38. The minimum atomic E-state index is -0.737. The Labute approximate surface area is 388 Å². The third-order valence-corrected chi connectivity index (χ3v) is 11.8. The molecule has 0 aliphatic carbocycles. The van der Waals surface area contributed by atoms with Gasteiger partial charge in [0.25, 0.3) is 0 Å². The molecule has 0 heterocycles. The molecule has 0 aliphatic rings. The zero-order valence-corrected chi connectivity index (χ0v) is 41.0. The highest BCUT2D eigenvalue weighted by Gasteiger charge is 2.30. The van der Waals surface area contributed by atoms with Crippen molar-refractivity contribution in [1.82, 2.24) is 15.1 Å². The van der Waals surface area contributed by atoms with Gasteiger partial charge in [0.05, 0.1) is 17.5 Å². The summed E-state index contributed by atoms with van der Waals surface area (Å²) in [6.45, 7) is 17.1. The molecule has 0 saturated carbocycles. The van der Waals surface area contributed by atoms with Crippen LogP contribution in [0.25, 0.3) is 0 Å². The molecule has 4 rings (SSSR count). The molecule has 0 radical (unpaired) electrons. The lowest BCUT2D eigenvalue weighted by Gasteiger charge is -2.31. The summed E-state index contributed by atoms with van der Waals surface area (Å²) in [5.74, 6) is -1.83. The van der Waals surface area contributed by atoms with E-state index in [9.17, 15) is 28.0 Å². The number of likely N-dealkylation sites (N-methyl/N-ethyl adjacent to an activating group) is 2. The summed E-state index contributed by atoms with van der Waals surface area (Å²) in [6.07, 6.45) is 2.46. The van der Waals surface area contributed by atoms with E-state index in [1.54, 1.807) is 38.1 Å². The number of hydrogen-bond acceptors (Lipinski definition) is 7. The highest BCUT2D eigenvalue weighted by molar-refractivity contribution is 5.96. The minimum Gasteiger partial charge on any atom is -0.481 e. The van der Waals surface area contributed by atoms with Gasteiger partial charge in [0.1, 0.15) is 11.6 Å². The number of rotatable bonds is 19. The zero-order valence-electron chi connectivity index (χ0n) is 41.0. The molecule has 0 aromatic heterocycles. The van der Waals surface area contributed by atoms with Crippen molar-refractivity contribution < 1.29 is 33.1 Å². The van der Waals surface area contributed by atoms with Gasteiger partial charge in [-0.25, -0.2) is 8.78 Å². The van der Waals surface area contributed by atoms with E-state index in [0.717, 1.165) is 22.3 Å². The maximum atomic E-state index is 14.4. The number of carbonyl (C=O) groups is 4. The number of nitrogens with two attached hydrogens (primary N) is 1. The van der Waals surface area contributed by atoms with Crippen molar-refractivity contribution in [2.24, 2.45) is 16.6 Å². The quantitative estimate of drug-likeness (QED) is 0.0793. The number of Topliss-reactive ketones (excluding diaryl/α,β-unsaturated/α-hetero) is 2. The lowest BCUT2D eigenvalue weighted by Crippen LogP contribution is -2.42. The van der Waals surface area contributed by atoms with Crippen LogP contribution in [0.3, 0.4) is 0 Å². The van der Waals surface area contributed by atoms with E-state index in [0.29, 0.717) is 38.8 Å². The van der Waals surface area contributed by atoms with E-state index in [1.165, 1.54) is 12.1 Å². The van der Waals surface area contributed by atoms with Crippen LogP contribution in [0.2, 0.25) is 0 Å². The topological polar surface area (TPSA) is 133 Å². The molecule has 0 fully saturated rings. The molecule has 356 valence electrons. The first kappa shape index (κ1) is 56.0. The number of hydrogen-bond donors (Lipinski definition) is 3. The summed E-state index contributed by atoms with van der Waals surface area (Å²) >= 11 is 0. The van der Waals surface area contributed by atoms with Gasteiger partial charge < -0.3 is 26.0 Å². The van der Waals surface area contributed by atoms with Crippen LogP contribution in [0.4, 0.5) is 8.78 Å². The number of ketones is 2. The summed E-state index contributed by atoms with van der Waals surface area (Å²) in [4.78, 5) is 51.0. The van der Waals surface area contributed by atoms with Crippen LogP contribution in [0.15, 0.2) is 97.1 Å². The first-order chi connectivity index (χ1) is 30.4. The molecule has 9 nitrogen and oxygen atoms in total. The number of amides is 1. The van der Waals surface area contributed by atoms with Crippen LogP contribution in [-0.4, -0.2) is 91.7 Å². The standard InChI is InChI=1S/C27H37FN2O2.C14H21FN2O.C13H18O2/c1-7-25(31)22-14-13-19(16-24(22)28)15-21(30(5)6)18-29-26(32)17-23(27(2,3)4)20-11-9-8-10-12-20;1-4-14(18)12-6-5-10(8-13(12)15)7-11(9-16)17(2)3;1-13(2,3)11(9-12(14)15)10-7-5-4-6-8-10/h8-14,16,21,23H,7,15,17-18H2,1-6H3,(H,29,32);5-6,8,11H,4,7,9,16H2,1-3H3;4-8,11H,9H2,1-3H3,(H,14,15)/t21-,23+;2*11-/m001/s1. The summed E-state index contributed by atoms with van der Waals surface area (Å²) < 4.78 is 28.1. The van der Waals surface area contributed by atoms with Gasteiger partial charge in [-0.05, 0) is 110 Å². The molecule has 0 spiro atoms. The fourth-order valence-electron chi connectivity index (χ4n) is 7.55. The van der Waals surface area contributed by atoms with Crippen molar-refractivity contribution >= 4 is 23.4 Å². The fraction of sp³-hybridized carbons (Fsp3) is 0.481.